The minimum atomic E-state index is -0.463. The van der Waals surface area contributed by atoms with Crippen molar-refractivity contribution in [1.82, 2.24) is 20.8 Å². The van der Waals surface area contributed by atoms with Gasteiger partial charge in [-0.15, -0.1) is 0 Å². The standard InChI is InChI=1S/C15H24N4O2S/c1-10-16-13(19-21-10)15(8-3-4-9-15)18-14(20)17-11-6-5-7-12(11)22-2/h11-12H,3-9H2,1-2H3,(H2,17,18,20). The monoisotopic (exact) mass is 324 g/mol. The maximum atomic E-state index is 12.5. The molecule has 2 aliphatic carbocycles. The molecular weight excluding hydrogens is 300 g/mol. The molecule has 2 N–H and O–H groups in total. The molecule has 1 aromatic rings. The van der Waals surface area contributed by atoms with Gasteiger partial charge in [-0.1, -0.05) is 24.4 Å². The third-order valence-corrected chi connectivity index (χ3v) is 6.01. The molecule has 0 aliphatic heterocycles. The van der Waals surface area contributed by atoms with Gasteiger partial charge in [0.05, 0.1) is 0 Å². The van der Waals surface area contributed by atoms with Crippen molar-refractivity contribution in [2.24, 2.45) is 0 Å². The van der Waals surface area contributed by atoms with Gasteiger partial charge in [0, 0.05) is 18.2 Å². The zero-order chi connectivity index (χ0) is 15.6. The first-order chi connectivity index (χ1) is 10.6. The van der Waals surface area contributed by atoms with E-state index in [9.17, 15) is 4.79 Å². The molecule has 0 bridgehead atoms. The van der Waals surface area contributed by atoms with Crippen LogP contribution in [0.25, 0.3) is 0 Å². The Hall–Kier alpha value is -1.24. The molecule has 2 unspecified atom stereocenters. The fourth-order valence-corrected chi connectivity index (χ4v) is 4.61. The first-order valence-corrected chi connectivity index (χ1v) is 9.34. The van der Waals surface area contributed by atoms with E-state index in [4.69, 9.17) is 4.52 Å². The van der Waals surface area contributed by atoms with Gasteiger partial charge in [0.2, 0.25) is 5.89 Å². The Morgan fingerprint density at radius 3 is 2.73 bits per heavy atom. The fraction of sp³-hybridized carbons (Fsp3) is 0.800. The maximum Gasteiger partial charge on any atom is 0.315 e. The van der Waals surface area contributed by atoms with Gasteiger partial charge in [0.1, 0.15) is 5.54 Å². The van der Waals surface area contributed by atoms with Crippen LogP contribution in [-0.2, 0) is 5.54 Å². The molecule has 2 amide bonds. The van der Waals surface area contributed by atoms with Gasteiger partial charge in [0.25, 0.3) is 0 Å². The van der Waals surface area contributed by atoms with E-state index in [1.165, 1.54) is 12.8 Å². The third-order valence-electron chi connectivity index (χ3n) is 4.84. The molecule has 122 valence electrons. The number of amides is 2. The summed E-state index contributed by atoms with van der Waals surface area (Å²) in [5, 5.41) is 10.9. The van der Waals surface area contributed by atoms with Crippen molar-refractivity contribution in [2.45, 2.75) is 68.7 Å². The molecular formula is C15H24N4O2S. The number of nitrogens with zero attached hydrogens (tertiary/aromatic N) is 2. The van der Waals surface area contributed by atoms with Crippen molar-refractivity contribution in [1.29, 1.82) is 0 Å². The number of thioether (sulfide) groups is 1. The summed E-state index contributed by atoms with van der Waals surface area (Å²) in [7, 11) is 0. The topological polar surface area (TPSA) is 80.0 Å². The van der Waals surface area contributed by atoms with Crippen LogP contribution in [0.2, 0.25) is 0 Å². The molecule has 2 saturated carbocycles. The van der Waals surface area contributed by atoms with Crippen molar-refractivity contribution in [3.8, 4) is 0 Å². The molecule has 0 saturated heterocycles. The SMILES string of the molecule is CSC1CCCC1NC(=O)NC1(c2noc(C)n2)CCCC1. The number of carbonyl (C=O) groups is 1. The van der Waals surface area contributed by atoms with E-state index in [1.807, 2.05) is 11.8 Å². The molecule has 0 aromatic carbocycles. The second-order valence-corrected chi connectivity index (χ2v) is 7.41. The molecule has 2 atom stereocenters. The Morgan fingerprint density at radius 1 is 1.32 bits per heavy atom. The number of hydrogen-bond donors (Lipinski definition) is 2. The van der Waals surface area contributed by atoms with Crippen molar-refractivity contribution in [3.63, 3.8) is 0 Å². The Balaban J connectivity index is 1.67. The molecule has 3 rings (SSSR count). The first kappa shape index (κ1) is 15.6. The molecule has 0 spiro atoms. The van der Waals surface area contributed by atoms with Crippen LogP contribution in [0, 0.1) is 6.92 Å². The Bertz CT molecular complexity index is 527. The number of rotatable bonds is 4. The highest BCUT2D eigenvalue weighted by Gasteiger charge is 2.42. The predicted octanol–water partition coefficient (Wildman–Crippen LogP) is 2.73. The number of carbonyl (C=O) groups excluding carboxylic acids is 1. The maximum absolute atomic E-state index is 12.5. The van der Waals surface area contributed by atoms with Gasteiger partial charge in [0.15, 0.2) is 5.82 Å². The van der Waals surface area contributed by atoms with Crippen molar-refractivity contribution in [2.75, 3.05) is 6.26 Å². The number of aromatic nitrogens is 2. The Kier molecular flexibility index (Phi) is 4.61. The average Bonchev–Trinajstić information content (AvgIpc) is 3.20. The lowest BCUT2D eigenvalue weighted by molar-refractivity contribution is 0.217. The molecule has 0 radical (unpaired) electrons. The summed E-state index contributed by atoms with van der Waals surface area (Å²) in [5.74, 6) is 1.16. The second-order valence-electron chi connectivity index (χ2n) is 6.34. The Labute approximate surface area is 135 Å². The number of urea groups is 1. The zero-order valence-corrected chi connectivity index (χ0v) is 14.0. The van der Waals surface area contributed by atoms with Gasteiger partial charge in [-0.25, -0.2) is 4.79 Å². The van der Waals surface area contributed by atoms with E-state index in [1.54, 1.807) is 6.92 Å². The van der Waals surface area contributed by atoms with Crippen molar-refractivity contribution in [3.05, 3.63) is 11.7 Å². The molecule has 6 nitrogen and oxygen atoms in total. The van der Waals surface area contributed by atoms with Crippen LogP contribution in [0.5, 0.6) is 0 Å². The van der Waals surface area contributed by atoms with Gasteiger partial charge >= 0.3 is 6.03 Å². The summed E-state index contributed by atoms with van der Waals surface area (Å²) in [6.45, 7) is 1.78. The van der Waals surface area contributed by atoms with Crippen molar-refractivity contribution >= 4 is 17.8 Å². The lowest BCUT2D eigenvalue weighted by Gasteiger charge is -2.28. The van der Waals surface area contributed by atoms with Gasteiger partial charge in [-0.2, -0.15) is 16.7 Å². The van der Waals surface area contributed by atoms with Gasteiger partial charge in [-0.05, 0) is 31.9 Å². The van der Waals surface area contributed by atoms with E-state index >= 15 is 0 Å². The second kappa shape index (κ2) is 6.48. The van der Waals surface area contributed by atoms with Crippen LogP contribution in [-0.4, -0.2) is 33.7 Å². The molecule has 22 heavy (non-hydrogen) atoms. The molecule has 1 heterocycles. The van der Waals surface area contributed by atoms with E-state index in [0.29, 0.717) is 17.0 Å². The van der Waals surface area contributed by atoms with Crippen LogP contribution < -0.4 is 10.6 Å². The third kappa shape index (κ3) is 3.09. The number of aryl methyl sites for hydroxylation is 1. The van der Waals surface area contributed by atoms with Crippen molar-refractivity contribution < 1.29 is 9.32 Å². The minimum Gasteiger partial charge on any atom is -0.340 e. The summed E-state index contributed by atoms with van der Waals surface area (Å²) < 4.78 is 5.12. The molecule has 1 aromatic heterocycles. The zero-order valence-electron chi connectivity index (χ0n) is 13.2. The van der Waals surface area contributed by atoms with Gasteiger partial charge in [-0.3, -0.25) is 0 Å². The molecule has 2 aliphatic rings. The summed E-state index contributed by atoms with van der Waals surface area (Å²) in [6.07, 6.45) is 9.44. The van der Waals surface area contributed by atoms with E-state index in [-0.39, 0.29) is 12.1 Å². The van der Waals surface area contributed by atoms with E-state index < -0.39 is 5.54 Å². The number of hydrogen-bond acceptors (Lipinski definition) is 5. The smallest absolute Gasteiger partial charge is 0.315 e. The quantitative estimate of drug-likeness (QED) is 0.890. The summed E-state index contributed by atoms with van der Waals surface area (Å²) in [5.41, 5.74) is -0.463. The highest BCUT2D eigenvalue weighted by Crippen LogP contribution is 2.37. The van der Waals surface area contributed by atoms with E-state index in [2.05, 4.69) is 27.0 Å². The van der Waals surface area contributed by atoms with E-state index in [0.717, 1.165) is 32.1 Å². The first-order valence-electron chi connectivity index (χ1n) is 8.05. The average molecular weight is 324 g/mol. The lowest BCUT2D eigenvalue weighted by atomic mass is 9.97. The summed E-state index contributed by atoms with van der Waals surface area (Å²) in [4.78, 5) is 16.8. The Morgan fingerprint density at radius 2 is 2.09 bits per heavy atom. The fourth-order valence-electron chi connectivity index (χ4n) is 3.67. The highest BCUT2D eigenvalue weighted by molar-refractivity contribution is 7.99. The van der Waals surface area contributed by atoms with Crippen LogP contribution >= 0.6 is 11.8 Å². The van der Waals surface area contributed by atoms with Crippen LogP contribution in [0.1, 0.15) is 56.7 Å². The summed E-state index contributed by atoms with van der Waals surface area (Å²) >= 11 is 1.84. The van der Waals surface area contributed by atoms with Crippen LogP contribution in [0.3, 0.4) is 0 Å². The lowest BCUT2D eigenvalue weighted by Crippen LogP contribution is -2.52. The van der Waals surface area contributed by atoms with Gasteiger partial charge < -0.3 is 15.2 Å². The largest absolute Gasteiger partial charge is 0.340 e. The van der Waals surface area contributed by atoms with Crippen LogP contribution in [0.15, 0.2) is 4.52 Å². The molecule has 2 fully saturated rings. The van der Waals surface area contributed by atoms with Crippen LogP contribution in [0.4, 0.5) is 4.79 Å². The minimum absolute atomic E-state index is 0.102. The predicted molar refractivity (Wildman–Crippen MR) is 85.8 cm³/mol. The highest BCUT2D eigenvalue weighted by atomic mass is 32.2. The normalized spacial score (nSPS) is 27.0. The summed E-state index contributed by atoms with van der Waals surface area (Å²) in [6, 6.07) is 0.163. The number of nitrogens with one attached hydrogen (secondary N) is 2. The molecule has 7 heteroatoms.